The summed E-state index contributed by atoms with van der Waals surface area (Å²) in [5.41, 5.74) is 8.07. The Bertz CT molecular complexity index is 819. The van der Waals surface area contributed by atoms with E-state index < -0.39 is 0 Å². The average molecular weight is 352 g/mol. The Morgan fingerprint density at radius 3 is 2.64 bits per heavy atom. The lowest BCUT2D eigenvalue weighted by atomic mass is 10.1. The fourth-order valence-electron chi connectivity index (χ4n) is 2.90. The van der Waals surface area contributed by atoms with E-state index in [9.17, 15) is 0 Å². The van der Waals surface area contributed by atoms with Crippen LogP contribution in [-0.2, 0) is 13.2 Å². The molecule has 1 fully saturated rings. The van der Waals surface area contributed by atoms with Gasteiger partial charge in [-0.1, -0.05) is 42.5 Å². The zero-order chi connectivity index (χ0) is 17.1. The largest absolute Gasteiger partial charge is 0.489 e. The number of nitrogen functional groups attached to an aromatic ring is 1. The molecule has 3 aromatic rings. The van der Waals surface area contributed by atoms with Crippen LogP contribution in [0, 0.1) is 0 Å². The average Bonchev–Trinajstić information content (AvgIpc) is 3.32. The summed E-state index contributed by atoms with van der Waals surface area (Å²) in [6.45, 7) is 1.33. The summed E-state index contributed by atoms with van der Waals surface area (Å²) >= 11 is 1.36. The predicted molar refractivity (Wildman–Crippen MR) is 99.5 cm³/mol. The molecule has 0 saturated heterocycles. The Labute approximate surface area is 151 Å². The molecule has 4 rings (SSSR count). The van der Waals surface area contributed by atoms with Crippen LogP contribution in [-0.4, -0.2) is 15.4 Å². The van der Waals surface area contributed by atoms with Gasteiger partial charge in [-0.25, -0.2) is 4.98 Å². The van der Waals surface area contributed by atoms with Crippen LogP contribution in [0.2, 0.25) is 0 Å². The first-order valence-electron chi connectivity index (χ1n) is 8.36. The number of nitrogens with one attached hydrogen (secondary N) is 1. The Hall–Kier alpha value is -2.44. The second-order valence-corrected chi connectivity index (χ2v) is 7.06. The van der Waals surface area contributed by atoms with Crippen LogP contribution in [0.4, 0.5) is 5.95 Å². The van der Waals surface area contributed by atoms with E-state index in [1.807, 2.05) is 18.2 Å². The van der Waals surface area contributed by atoms with Crippen molar-refractivity contribution >= 4 is 17.5 Å². The zero-order valence-corrected chi connectivity index (χ0v) is 14.6. The van der Waals surface area contributed by atoms with Gasteiger partial charge in [0.15, 0.2) is 0 Å². The summed E-state index contributed by atoms with van der Waals surface area (Å²) < 4.78 is 9.84. The first-order valence-corrected chi connectivity index (χ1v) is 9.13. The van der Waals surface area contributed by atoms with E-state index in [0.29, 0.717) is 24.5 Å². The van der Waals surface area contributed by atoms with Gasteiger partial charge in [0.1, 0.15) is 17.4 Å². The molecule has 1 aromatic heterocycles. The van der Waals surface area contributed by atoms with E-state index in [2.05, 4.69) is 51.1 Å². The molecule has 0 spiro atoms. The molecule has 1 aliphatic rings. The highest BCUT2D eigenvalue weighted by Crippen LogP contribution is 2.41. The second-order valence-electron chi connectivity index (χ2n) is 6.22. The molecule has 1 aliphatic carbocycles. The van der Waals surface area contributed by atoms with Gasteiger partial charge in [0.25, 0.3) is 0 Å². The molecule has 2 aromatic carbocycles. The van der Waals surface area contributed by atoms with Crippen LogP contribution >= 0.6 is 11.5 Å². The van der Waals surface area contributed by atoms with Crippen molar-refractivity contribution in [2.45, 2.75) is 31.5 Å². The van der Waals surface area contributed by atoms with E-state index >= 15 is 0 Å². The number of hydrogen-bond acceptors (Lipinski definition) is 6. The minimum atomic E-state index is 0.361. The summed E-state index contributed by atoms with van der Waals surface area (Å²) in [6.07, 6.45) is 1.15. The molecule has 1 saturated carbocycles. The van der Waals surface area contributed by atoms with Gasteiger partial charge in [-0.15, -0.1) is 0 Å². The lowest BCUT2D eigenvalue weighted by molar-refractivity contribution is 0.306. The van der Waals surface area contributed by atoms with Gasteiger partial charge in [-0.3, -0.25) is 0 Å². The molecular weight excluding hydrogens is 332 g/mol. The quantitative estimate of drug-likeness (QED) is 0.682. The van der Waals surface area contributed by atoms with Gasteiger partial charge >= 0.3 is 0 Å². The molecule has 2 atom stereocenters. The monoisotopic (exact) mass is 352 g/mol. The van der Waals surface area contributed by atoms with Crippen LogP contribution in [0.3, 0.4) is 0 Å². The molecule has 0 aliphatic heterocycles. The van der Waals surface area contributed by atoms with Crippen molar-refractivity contribution in [3.63, 3.8) is 0 Å². The number of ether oxygens (including phenoxy) is 1. The maximum atomic E-state index is 5.84. The molecule has 5 nitrogen and oxygen atoms in total. The van der Waals surface area contributed by atoms with E-state index in [0.717, 1.165) is 23.7 Å². The van der Waals surface area contributed by atoms with Crippen molar-refractivity contribution in [2.24, 2.45) is 0 Å². The molecule has 0 bridgehead atoms. The summed E-state index contributed by atoms with van der Waals surface area (Å²) in [5.74, 6) is 1.83. The molecule has 6 heteroatoms. The van der Waals surface area contributed by atoms with Crippen LogP contribution < -0.4 is 15.8 Å². The Kier molecular flexibility index (Phi) is 4.63. The first kappa shape index (κ1) is 16.1. The van der Waals surface area contributed by atoms with E-state index in [1.54, 1.807) is 0 Å². The van der Waals surface area contributed by atoms with Crippen molar-refractivity contribution in [1.29, 1.82) is 0 Å². The maximum absolute atomic E-state index is 5.84. The van der Waals surface area contributed by atoms with Crippen LogP contribution in [0.15, 0.2) is 54.6 Å². The predicted octanol–water partition coefficient (Wildman–Crippen LogP) is 3.35. The molecule has 25 heavy (non-hydrogen) atoms. The van der Waals surface area contributed by atoms with Crippen molar-refractivity contribution < 1.29 is 4.74 Å². The molecule has 0 radical (unpaired) electrons. The maximum Gasteiger partial charge on any atom is 0.232 e. The van der Waals surface area contributed by atoms with Crippen LogP contribution in [0.25, 0.3) is 0 Å². The normalized spacial score (nSPS) is 18.9. The summed E-state index contributed by atoms with van der Waals surface area (Å²) in [6, 6.07) is 19.1. The lowest BCUT2D eigenvalue weighted by Crippen LogP contribution is -2.17. The molecule has 3 N–H and O–H groups in total. The number of aromatic nitrogens is 2. The standard InChI is InChI=1S/C19H20N4OS/c20-19-22-18(25-23-19)11-21-17-10-16(17)14-6-8-15(9-7-14)24-12-13-4-2-1-3-5-13/h1-9,16-17,21H,10-12H2,(H2,20,23). The van der Waals surface area contributed by atoms with Crippen molar-refractivity contribution in [3.8, 4) is 5.75 Å². The van der Waals surface area contributed by atoms with E-state index in [4.69, 9.17) is 10.5 Å². The Morgan fingerprint density at radius 1 is 1.12 bits per heavy atom. The van der Waals surface area contributed by atoms with Gasteiger partial charge in [-0.05, 0) is 41.2 Å². The highest BCUT2D eigenvalue weighted by Gasteiger charge is 2.37. The third-order valence-electron chi connectivity index (χ3n) is 4.35. The van der Waals surface area contributed by atoms with Gasteiger partial charge in [0, 0.05) is 18.5 Å². The molecule has 2 unspecified atom stereocenters. The molecule has 128 valence electrons. The second kappa shape index (κ2) is 7.21. The lowest BCUT2D eigenvalue weighted by Gasteiger charge is -2.07. The molecule has 1 heterocycles. The Balaban J connectivity index is 1.26. The first-order chi connectivity index (χ1) is 12.3. The minimum Gasteiger partial charge on any atom is -0.489 e. The van der Waals surface area contributed by atoms with E-state index in [1.165, 1.54) is 22.7 Å². The smallest absolute Gasteiger partial charge is 0.232 e. The topological polar surface area (TPSA) is 73.1 Å². The number of nitrogens with two attached hydrogens (primary N) is 1. The minimum absolute atomic E-state index is 0.361. The van der Waals surface area contributed by atoms with E-state index in [-0.39, 0.29) is 0 Å². The summed E-state index contributed by atoms with van der Waals surface area (Å²) in [5, 5.41) is 4.45. The van der Waals surface area contributed by atoms with Crippen LogP contribution in [0.5, 0.6) is 5.75 Å². The molecular formula is C19H20N4OS. The number of benzene rings is 2. The summed E-state index contributed by atoms with van der Waals surface area (Å²) in [4.78, 5) is 4.17. The molecule has 0 amide bonds. The van der Waals surface area contributed by atoms with Gasteiger partial charge in [0.05, 0.1) is 0 Å². The third-order valence-corrected chi connectivity index (χ3v) is 5.07. The number of anilines is 1. The Morgan fingerprint density at radius 2 is 1.92 bits per heavy atom. The zero-order valence-electron chi connectivity index (χ0n) is 13.8. The number of nitrogens with zero attached hydrogens (tertiary/aromatic N) is 2. The van der Waals surface area contributed by atoms with Gasteiger partial charge in [0.2, 0.25) is 5.95 Å². The highest BCUT2D eigenvalue weighted by atomic mass is 32.1. The van der Waals surface area contributed by atoms with Crippen LogP contribution in [0.1, 0.15) is 28.5 Å². The number of hydrogen-bond donors (Lipinski definition) is 2. The fraction of sp³-hybridized carbons (Fsp3) is 0.263. The van der Waals surface area contributed by atoms with Crippen molar-refractivity contribution in [3.05, 3.63) is 70.7 Å². The third kappa shape index (κ3) is 4.15. The number of rotatable bonds is 7. The SMILES string of the molecule is Nc1nsc(CNC2CC2c2ccc(OCc3ccccc3)cc2)n1. The fourth-order valence-corrected chi connectivity index (χ4v) is 3.42. The van der Waals surface area contributed by atoms with Gasteiger partial charge in [-0.2, -0.15) is 4.37 Å². The van der Waals surface area contributed by atoms with Gasteiger partial charge < -0.3 is 15.8 Å². The van der Waals surface area contributed by atoms with Crippen molar-refractivity contribution in [1.82, 2.24) is 14.7 Å². The summed E-state index contributed by atoms with van der Waals surface area (Å²) in [7, 11) is 0. The van der Waals surface area contributed by atoms with Crippen molar-refractivity contribution in [2.75, 3.05) is 5.73 Å². The highest BCUT2D eigenvalue weighted by molar-refractivity contribution is 7.05.